The van der Waals surface area contributed by atoms with E-state index in [9.17, 15) is 4.79 Å². The van der Waals surface area contributed by atoms with E-state index in [1.807, 2.05) is 12.1 Å². The Bertz CT molecular complexity index is 830. The third-order valence-electron chi connectivity index (χ3n) is 4.90. The number of halogens is 3. The van der Waals surface area contributed by atoms with E-state index < -0.39 is 0 Å². The van der Waals surface area contributed by atoms with Gasteiger partial charge < -0.3 is 10.1 Å². The number of hydrogen-bond donors (Lipinski definition) is 1. The molecular formula is C18H15Cl3N2O2. The van der Waals surface area contributed by atoms with Crippen LogP contribution < -0.4 is 5.32 Å². The second-order valence-electron chi connectivity index (χ2n) is 6.37. The molecule has 1 aromatic carbocycles. The number of rotatable bonds is 3. The van der Waals surface area contributed by atoms with Gasteiger partial charge in [0.25, 0.3) is 0 Å². The van der Waals surface area contributed by atoms with Crippen molar-refractivity contribution in [3.05, 3.63) is 57.3 Å². The molecule has 0 saturated carbocycles. The Balaban J connectivity index is 1.60. The smallest absolute Gasteiger partial charge is 0.230 e. The topological polar surface area (TPSA) is 51.2 Å². The molecule has 2 aromatic rings. The molecule has 4 nitrogen and oxygen atoms in total. The SMILES string of the molecule is O=C(Nc1ccc(Cl)c(Cl)c1)[C@@H]1[C@@H](c2ccnc(Cl)c2)[C@@H]2CC[C@H]1O2. The van der Waals surface area contributed by atoms with Gasteiger partial charge in [0.15, 0.2) is 0 Å². The van der Waals surface area contributed by atoms with Gasteiger partial charge in [-0.1, -0.05) is 34.8 Å². The highest BCUT2D eigenvalue weighted by Crippen LogP contribution is 2.49. The Labute approximate surface area is 160 Å². The summed E-state index contributed by atoms with van der Waals surface area (Å²) in [4.78, 5) is 17.0. The molecule has 0 aliphatic carbocycles. The Morgan fingerprint density at radius 1 is 1.08 bits per heavy atom. The van der Waals surface area contributed by atoms with Crippen molar-refractivity contribution in [1.29, 1.82) is 0 Å². The summed E-state index contributed by atoms with van der Waals surface area (Å²) in [5, 5.41) is 4.22. The first-order valence-electron chi connectivity index (χ1n) is 8.06. The van der Waals surface area contributed by atoms with Gasteiger partial charge in [-0.05, 0) is 48.7 Å². The Morgan fingerprint density at radius 2 is 1.88 bits per heavy atom. The van der Waals surface area contributed by atoms with Crippen LogP contribution in [0.3, 0.4) is 0 Å². The number of ether oxygens (including phenoxy) is 1. The van der Waals surface area contributed by atoms with E-state index in [0.29, 0.717) is 20.9 Å². The van der Waals surface area contributed by atoms with Crippen LogP contribution in [0.15, 0.2) is 36.5 Å². The van der Waals surface area contributed by atoms with Gasteiger partial charge in [-0.25, -0.2) is 4.98 Å². The van der Waals surface area contributed by atoms with Crippen LogP contribution in [0.2, 0.25) is 15.2 Å². The van der Waals surface area contributed by atoms with Crippen LogP contribution in [0.1, 0.15) is 24.3 Å². The highest BCUT2D eigenvalue weighted by Gasteiger charge is 2.52. The fraction of sp³-hybridized carbons (Fsp3) is 0.333. The number of carbonyl (C=O) groups excluding carboxylic acids is 1. The highest BCUT2D eigenvalue weighted by molar-refractivity contribution is 6.42. The summed E-state index contributed by atoms with van der Waals surface area (Å²) < 4.78 is 6.02. The molecule has 0 unspecified atom stereocenters. The lowest BCUT2D eigenvalue weighted by atomic mass is 9.75. The van der Waals surface area contributed by atoms with Gasteiger partial charge in [0.1, 0.15) is 5.15 Å². The van der Waals surface area contributed by atoms with E-state index >= 15 is 0 Å². The largest absolute Gasteiger partial charge is 0.373 e. The van der Waals surface area contributed by atoms with Crippen molar-refractivity contribution < 1.29 is 9.53 Å². The molecule has 0 spiro atoms. The molecule has 130 valence electrons. The van der Waals surface area contributed by atoms with Gasteiger partial charge in [0.05, 0.1) is 28.2 Å². The van der Waals surface area contributed by atoms with E-state index in [0.717, 1.165) is 18.4 Å². The van der Waals surface area contributed by atoms with Gasteiger partial charge in [-0.3, -0.25) is 4.79 Å². The van der Waals surface area contributed by atoms with Crippen molar-refractivity contribution in [2.45, 2.75) is 31.0 Å². The minimum Gasteiger partial charge on any atom is -0.373 e. The van der Waals surface area contributed by atoms with Crippen LogP contribution in [0, 0.1) is 5.92 Å². The molecule has 7 heteroatoms. The standard InChI is InChI=1S/C18H15Cl3N2O2/c19-11-2-1-10(8-12(11)20)23-18(24)17-14-4-3-13(25-14)16(17)9-5-6-22-15(21)7-9/h1-2,5-8,13-14,16-17H,3-4H2,(H,23,24)/t13-,14+,16-,17-/m0/s1. The van der Waals surface area contributed by atoms with Crippen molar-refractivity contribution >= 4 is 46.4 Å². The third-order valence-corrected chi connectivity index (χ3v) is 5.84. The van der Waals surface area contributed by atoms with Gasteiger partial charge in [0.2, 0.25) is 5.91 Å². The van der Waals surface area contributed by atoms with E-state index in [1.54, 1.807) is 24.4 Å². The second kappa shape index (κ2) is 6.76. The first-order valence-corrected chi connectivity index (χ1v) is 9.19. The molecule has 1 N–H and O–H groups in total. The first kappa shape index (κ1) is 17.1. The predicted octanol–water partition coefficient (Wildman–Crippen LogP) is 4.94. The summed E-state index contributed by atoms with van der Waals surface area (Å²) in [5.74, 6) is -0.378. The van der Waals surface area contributed by atoms with Crippen molar-refractivity contribution in [2.75, 3.05) is 5.32 Å². The molecular weight excluding hydrogens is 383 g/mol. The molecule has 4 atom stereocenters. The Hall–Kier alpha value is -1.33. The van der Waals surface area contributed by atoms with E-state index in [-0.39, 0.29) is 30.0 Å². The number of aromatic nitrogens is 1. The summed E-state index contributed by atoms with van der Waals surface area (Å²) in [6, 6.07) is 8.76. The van der Waals surface area contributed by atoms with Gasteiger partial charge in [-0.2, -0.15) is 0 Å². The van der Waals surface area contributed by atoms with Crippen molar-refractivity contribution in [2.24, 2.45) is 5.92 Å². The zero-order chi connectivity index (χ0) is 17.6. The third kappa shape index (κ3) is 3.24. The van der Waals surface area contributed by atoms with Gasteiger partial charge in [-0.15, -0.1) is 0 Å². The van der Waals surface area contributed by atoms with Crippen molar-refractivity contribution in [3.63, 3.8) is 0 Å². The zero-order valence-electron chi connectivity index (χ0n) is 13.1. The minimum absolute atomic E-state index is 0.0259. The molecule has 1 amide bonds. The Kier molecular flexibility index (Phi) is 4.63. The van der Waals surface area contributed by atoms with E-state index in [4.69, 9.17) is 39.5 Å². The maximum atomic E-state index is 13.0. The van der Waals surface area contributed by atoms with Crippen LogP contribution in [0.5, 0.6) is 0 Å². The number of nitrogens with one attached hydrogen (secondary N) is 1. The Morgan fingerprint density at radius 3 is 2.64 bits per heavy atom. The first-order chi connectivity index (χ1) is 12.0. The number of carbonyl (C=O) groups is 1. The number of amides is 1. The van der Waals surface area contributed by atoms with Crippen molar-refractivity contribution in [1.82, 2.24) is 4.98 Å². The lowest BCUT2D eigenvalue weighted by molar-refractivity contribution is -0.121. The molecule has 2 aliphatic heterocycles. The van der Waals surface area contributed by atoms with Crippen LogP contribution in [0.4, 0.5) is 5.69 Å². The molecule has 2 fully saturated rings. The quantitative estimate of drug-likeness (QED) is 0.746. The van der Waals surface area contributed by atoms with Crippen LogP contribution in [-0.2, 0) is 9.53 Å². The van der Waals surface area contributed by atoms with Crippen LogP contribution in [-0.4, -0.2) is 23.1 Å². The average Bonchev–Trinajstić information content (AvgIpc) is 3.19. The van der Waals surface area contributed by atoms with Crippen LogP contribution >= 0.6 is 34.8 Å². The minimum atomic E-state index is -0.272. The molecule has 2 bridgehead atoms. The van der Waals surface area contributed by atoms with Crippen LogP contribution in [0.25, 0.3) is 0 Å². The monoisotopic (exact) mass is 396 g/mol. The number of nitrogens with zero attached hydrogens (tertiary/aromatic N) is 1. The van der Waals surface area contributed by atoms with E-state index in [1.165, 1.54) is 0 Å². The fourth-order valence-electron chi connectivity index (χ4n) is 3.86. The van der Waals surface area contributed by atoms with Gasteiger partial charge in [0, 0.05) is 17.8 Å². The maximum absolute atomic E-state index is 13.0. The molecule has 2 saturated heterocycles. The number of benzene rings is 1. The number of pyridine rings is 1. The average molecular weight is 398 g/mol. The van der Waals surface area contributed by atoms with Crippen molar-refractivity contribution in [3.8, 4) is 0 Å². The van der Waals surface area contributed by atoms with E-state index in [2.05, 4.69) is 10.3 Å². The lowest BCUT2D eigenvalue weighted by Gasteiger charge is -2.27. The molecule has 25 heavy (non-hydrogen) atoms. The summed E-state index contributed by atoms with van der Waals surface area (Å²) in [7, 11) is 0. The predicted molar refractivity (Wildman–Crippen MR) is 98.5 cm³/mol. The number of hydrogen-bond acceptors (Lipinski definition) is 3. The zero-order valence-corrected chi connectivity index (χ0v) is 15.4. The molecule has 0 radical (unpaired) electrons. The maximum Gasteiger partial charge on any atom is 0.230 e. The summed E-state index contributed by atoms with van der Waals surface area (Å²) in [5.41, 5.74) is 1.61. The normalized spacial score (nSPS) is 27.5. The lowest BCUT2D eigenvalue weighted by Crippen LogP contribution is -2.36. The molecule has 2 aliphatic rings. The molecule has 4 rings (SSSR count). The number of anilines is 1. The molecule has 1 aromatic heterocycles. The second-order valence-corrected chi connectivity index (χ2v) is 7.57. The highest BCUT2D eigenvalue weighted by atomic mass is 35.5. The fourth-order valence-corrected chi connectivity index (χ4v) is 4.34. The van der Waals surface area contributed by atoms with Gasteiger partial charge >= 0.3 is 0 Å². The summed E-state index contributed by atoms with van der Waals surface area (Å²) in [6.07, 6.45) is 3.46. The summed E-state index contributed by atoms with van der Waals surface area (Å²) >= 11 is 18.0. The summed E-state index contributed by atoms with van der Waals surface area (Å²) in [6.45, 7) is 0. The number of fused-ring (bicyclic) bond motifs is 2. The molecule has 3 heterocycles.